The van der Waals surface area contributed by atoms with E-state index in [4.69, 9.17) is 5.73 Å². The topological polar surface area (TPSA) is 75.4 Å². The van der Waals surface area contributed by atoms with Gasteiger partial charge >= 0.3 is 0 Å². The van der Waals surface area contributed by atoms with Crippen LogP contribution in [0.2, 0.25) is 0 Å². The molecule has 1 aliphatic heterocycles. The largest absolute Gasteiger partial charge is 0.352 e. The number of carbonyl (C=O) groups is 2. The van der Waals surface area contributed by atoms with Crippen molar-refractivity contribution < 1.29 is 9.59 Å². The summed E-state index contributed by atoms with van der Waals surface area (Å²) in [5, 5.41) is 2.91. The molecule has 16 heavy (non-hydrogen) atoms. The molecule has 2 fully saturated rings. The lowest BCUT2D eigenvalue weighted by molar-refractivity contribution is -0.142. The van der Waals surface area contributed by atoms with Gasteiger partial charge in [0.1, 0.15) is 6.04 Å². The molecular formula is C11H19N3O2. The van der Waals surface area contributed by atoms with Gasteiger partial charge in [-0.2, -0.15) is 0 Å². The van der Waals surface area contributed by atoms with E-state index in [1.165, 1.54) is 0 Å². The van der Waals surface area contributed by atoms with Crippen LogP contribution in [0.25, 0.3) is 0 Å². The third kappa shape index (κ3) is 2.52. The van der Waals surface area contributed by atoms with Crippen LogP contribution in [0, 0.1) is 0 Å². The maximum atomic E-state index is 11.8. The van der Waals surface area contributed by atoms with E-state index >= 15 is 0 Å². The van der Waals surface area contributed by atoms with Crippen LogP contribution in [0.5, 0.6) is 0 Å². The first-order valence-corrected chi connectivity index (χ1v) is 5.93. The van der Waals surface area contributed by atoms with Crippen molar-refractivity contribution in [3.63, 3.8) is 0 Å². The van der Waals surface area contributed by atoms with E-state index in [2.05, 4.69) is 5.32 Å². The summed E-state index contributed by atoms with van der Waals surface area (Å²) in [5.74, 6) is -0.00917. The van der Waals surface area contributed by atoms with E-state index in [0.717, 1.165) is 19.3 Å². The number of nitrogens with zero attached hydrogens (tertiary/aromatic N) is 1. The van der Waals surface area contributed by atoms with E-state index < -0.39 is 0 Å². The average molecular weight is 225 g/mol. The first-order valence-electron chi connectivity index (χ1n) is 5.93. The SMILES string of the molecule is C[C@H](C(=O)NC1CC1)N1C[C@H](N)CCC1=O. The zero-order valence-corrected chi connectivity index (χ0v) is 9.61. The molecule has 2 atom stereocenters. The van der Waals surface area contributed by atoms with Gasteiger partial charge in [0.05, 0.1) is 0 Å². The van der Waals surface area contributed by atoms with Crippen LogP contribution in [-0.2, 0) is 9.59 Å². The molecule has 2 aliphatic rings. The number of amides is 2. The Labute approximate surface area is 95.3 Å². The lowest BCUT2D eigenvalue weighted by Gasteiger charge is -2.34. The predicted octanol–water partition coefficient (Wildman–Crippen LogP) is -0.397. The summed E-state index contributed by atoms with van der Waals surface area (Å²) in [7, 11) is 0. The van der Waals surface area contributed by atoms with Crippen LogP contribution >= 0.6 is 0 Å². The second-order valence-electron chi connectivity index (χ2n) is 4.80. The number of piperidine rings is 1. The standard InChI is InChI=1S/C11H19N3O2/c1-7(11(16)13-9-3-4-9)14-6-8(12)2-5-10(14)15/h7-9H,2-6,12H2,1H3,(H,13,16)/t7-,8-/m1/s1. The smallest absolute Gasteiger partial charge is 0.242 e. The number of nitrogens with two attached hydrogens (primary N) is 1. The lowest BCUT2D eigenvalue weighted by atomic mass is 10.0. The van der Waals surface area contributed by atoms with Crippen molar-refractivity contribution in [2.75, 3.05) is 6.54 Å². The van der Waals surface area contributed by atoms with Gasteiger partial charge < -0.3 is 16.0 Å². The van der Waals surface area contributed by atoms with Crippen LogP contribution in [0.1, 0.15) is 32.6 Å². The monoisotopic (exact) mass is 225 g/mol. The van der Waals surface area contributed by atoms with Crippen molar-refractivity contribution in [2.24, 2.45) is 5.73 Å². The molecule has 0 bridgehead atoms. The first kappa shape index (κ1) is 11.4. The van der Waals surface area contributed by atoms with Crippen molar-refractivity contribution in [1.29, 1.82) is 0 Å². The number of rotatable bonds is 3. The molecular weight excluding hydrogens is 206 g/mol. The van der Waals surface area contributed by atoms with Crippen LogP contribution in [0.4, 0.5) is 0 Å². The Morgan fingerprint density at radius 3 is 2.81 bits per heavy atom. The summed E-state index contributed by atoms with van der Waals surface area (Å²) in [4.78, 5) is 25.1. The number of nitrogens with one attached hydrogen (secondary N) is 1. The molecule has 2 rings (SSSR count). The Hall–Kier alpha value is -1.10. The van der Waals surface area contributed by atoms with E-state index in [1.54, 1.807) is 11.8 Å². The van der Waals surface area contributed by atoms with Gasteiger partial charge in [0.2, 0.25) is 11.8 Å². The second kappa shape index (κ2) is 4.41. The third-order valence-corrected chi connectivity index (χ3v) is 3.25. The molecule has 1 heterocycles. The zero-order chi connectivity index (χ0) is 11.7. The summed E-state index contributed by atoms with van der Waals surface area (Å²) in [6.45, 7) is 2.27. The van der Waals surface area contributed by atoms with Crippen LogP contribution in [0.3, 0.4) is 0 Å². The third-order valence-electron chi connectivity index (χ3n) is 3.25. The Morgan fingerprint density at radius 1 is 1.50 bits per heavy atom. The molecule has 90 valence electrons. The molecule has 2 amide bonds. The first-order chi connectivity index (χ1) is 7.58. The molecule has 3 N–H and O–H groups in total. The maximum Gasteiger partial charge on any atom is 0.242 e. The minimum Gasteiger partial charge on any atom is -0.352 e. The van der Waals surface area contributed by atoms with Crippen LogP contribution < -0.4 is 11.1 Å². The maximum absolute atomic E-state index is 11.8. The molecule has 1 saturated carbocycles. The van der Waals surface area contributed by atoms with Gasteiger partial charge in [-0.1, -0.05) is 0 Å². The quantitative estimate of drug-likeness (QED) is 0.686. The number of carbonyl (C=O) groups excluding carboxylic acids is 2. The fraction of sp³-hybridized carbons (Fsp3) is 0.818. The normalized spacial score (nSPS) is 27.8. The van der Waals surface area contributed by atoms with E-state index in [9.17, 15) is 9.59 Å². The minimum absolute atomic E-state index is 0.00822. The Morgan fingerprint density at radius 2 is 2.19 bits per heavy atom. The Balaban J connectivity index is 1.92. The minimum atomic E-state index is -0.389. The van der Waals surface area contributed by atoms with Crippen molar-refractivity contribution in [3.8, 4) is 0 Å². The molecule has 0 radical (unpaired) electrons. The summed E-state index contributed by atoms with van der Waals surface area (Å²) < 4.78 is 0. The fourth-order valence-corrected chi connectivity index (χ4v) is 1.96. The second-order valence-corrected chi connectivity index (χ2v) is 4.80. The van der Waals surface area contributed by atoms with Gasteiger partial charge in [-0.25, -0.2) is 0 Å². The van der Waals surface area contributed by atoms with Crippen LogP contribution in [-0.4, -0.2) is 41.4 Å². The van der Waals surface area contributed by atoms with Gasteiger partial charge in [-0.05, 0) is 26.2 Å². The molecule has 1 saturated heterocycles. The molecule has 5 heteroatoms. The fourth-order valence-electron chi connectivity index (χ4n) is 1.96. The van der Waals surface area contributed by atoms with Crippen molar-refractivity contribution >= 4 is 11.8 Å². The summed E-state index contributed by atoms with van der Waals surface area (Å²) in [6.07, 6.45) is 3.31. The van der Waals surface area contributed by atoms with Crippen molar-refractivity contribution in [3.05, 3.63) is 0 Å². The predicted molar refractivity (Wildman–Crippen MR) is 59.5 cm³/mol. The highest BCUT2D eigenvalue weighted by Crippen LogP contribution is 2.20. The molecule has 0 aromatic rings. The van der Waals surface area contributed by atoms with Gasteiger partial charge in [0, 0.05) is 25.0 Å². The molecule has 0 aromatic heterocycles. The van der Waals surface area contributed by atoms with Crippen molar-refractivity contribution in [1.82, 2.24) is 10.2 Å². The summed E-state index contributed by atoms with van der Waals surface area (Å²) in [5.41, 5.74) is 5.81. The zero-order valence-electron chi connectivity index (χ0n) is 9.61. The molecule has 0 spiro atoms. The molecule has 5 nitrogen and oxygen atoms in total. The number of hydrogen-bond acceptors (Lipinski definition) is 3. The Kier molecular flexibility index (Phi) is 3.14. The summed E-state index contributed by atoms with van der Waals surface area (Å²) in [6, 6.07) is -0.0446. The molecule has 1 aliphatic carbocycles. The van der Waals surface area contributed by atoms with E-state index in [0.29, 0.717) is 19.0 Å². The van der Waals surface area contributed by atoms with E-state index in [-0.39, 0.29) is 23.9 Å². The highest BCUT2D eigenvalue weighted by Gasteiger charge is 2.33. The highest BCUT2D eigenvalue weighted by molar-refractivity contribution is 5.88. The lowest BCUT2D eigenvalue weighted by Crippen LogP contribution is -2.54. The number of likely N-dealkylation sites (tertiary alicyclic amines) is 1. The number of hydrogen-bond donors (Lipinski definition) is 2. The van der Waals surface area contributed by atoms with Gasteiger partial charge in [0.15, 0.2) is 0 Å². The van der Waals surface area contributed by atoms with Gasteiger partial charge in [0.25, 0.3) is 0 Å². The van der Waals surface area contributed by atoms with Gasteiger partial charge in [-0.15, -0.1) is 0 Å². The highest BCUT2D eigenvalue weighted by atomic mass is 16.2. The Bertz CT molecular complexity index is 302. The summed E-state index contributed by atoms with van der Waals surface area (Å²) >= 11 is 0. The molecule has 0 unspecified atom stereocenters. The molecule has 0 aromatic carbocycles. The van der Waals surface area contributed by atoms with Gasteiger partial charge in [-0.3, -0.25) is 9.59 Å². The van der Waals surface area contributed by atoms with Crippen LogP contribution in [0.15, 0.2) is 0 Å². The average Bonchev–Trinajstić information content (AvgIpc) is 3.04. The van der Waals surface area contributed by atoms with E-state index in [1.807, 2.05) is 0 Å². The van der Waals surface area contributed by atoms with Crippen molar-refractivity contribution in [2.45, 2.75) is 50.7 Å².